The van der Waals surface area contributed by atoms with E-state index in [4.69, 9.17) is 35.3 Å². The maximum atomic E-state index is 14.5. The fourth-order valence-corrected chi connectivity index (χ4v) is 11.6. The monoisotopic (exact) mass is 1270 g/mol. The molecule has 7 rings (SSSR count). The quantitative estimate of drug-likeness (QED) is 0.0439. The lowest BCUT2D eigenvalue weighted by Crippen LogP contribution is -2.72. The van der Waals surface area contributed by atoms with Gasteiger partial charge < -0.3 is 78.5 Å². The summed E-state index contributed by atoms with van der Waals surface area (Å²) in [6.07, 6.45) is 0.0906. The van der Waals surface area contributed by atoms with Gasteiger partial charge in [-0.05, 0) is 76.4 Å². The van der Waals surface area contributed by atoms with Crippen molar-refractivity contribution in [2.75, 3.05) is 113 Å². The molecule has 3 aromatic rings. The number of methoxy groups -OCH3 is 2. The number of nitrogens with one attached hydrogen (secondary N) is 3. The van der Waals surface area contributed by atoms with Crippen molar-refractivity contribution in [1.29, 1.82) is 0 Å². The summed E-state index contributed by atoms with van der Waals surface area (Å²) in [6, 6.07) is 12.0. The highest BCUT2D eigenvalue weighted by molar-refractivity contribution is 6.35. The number of aryl methyl sites for hydroxylation is 1. The summed E-state index contributed by atoms with van der Waals surface area (Å²) in [7, 11) is 9.35. The van der Waals surface area contributed by atoms with Gasteiger partial charge in [0.25, 0.3) is 0 Å². The fraction of sp³-hybridized carbons (Fsp3) is 0.574. The second-order valence-electron chi connectivity index (χ2n) is 23.1. The third-order valence-corrected chi connectivity index (χ3v) is 16.9. The summed E-state index contributed by atoms with van der Waals surface area (Å²) < 4.78 is 31.8. The fourth-order valence-electron chi connectivity index (χ4n) is 11.3. The summed E-state index contributed by atoms with van der Waals surface area (Å²) >= 11 is 6.84. The molecule has 0 aliphatic carbocycles. The van der Waals surface area contributed by atoms with Gasteiger partial charge in [0, 0.05) is 97.9 Å². The largest absolute Gasteiger partial charge is 0.495 e. The van der Waals surface area contributed by atoms with E-state index in [1.165, 1.54) is 40.1 Å². The number of hydrazine groups is 1. The second-order valence-corrected chi connectivity index (χ2v) is 23.4. The van der Waals surface area contributed by atoms with Gasteiger partial charge in [-0.25, -0.2) is 14.6 Å². The van der Waals surface area contributed by atoms with E-state index >= 15 is 0 Å². The molecule has 1 aromatic heterocycles. The summed E-state index contributed by atoms with van der Waals surface area (Å²) in [5.41, 5.74) is 2.16. The number of rotatable bonds is 26. The molecule has 4 aliphatic rings. The Balaban J connectivity index is 1.10. The van der Waals surface area contributed by atoms with Gasteiger partial charge >= 0.3 is 12.1 Å². The van der Waals surface area contributed by atoms with Crippen LogP contribution in [0.2, 0.25) is 5.02 Å². The van der Waals surface area contributed by atoms with Crippen LogP contribution in [0.4, 0.5) is 10.5 Å². The van der Waals surface area contributed by atoms with E-state index < -0.39 is 135 Å². The number of alkyl carbamates (subject to hydrolysis) is 1. The van der Waals surface area contributed by atoms with Crippen molar-refractivity contribution in [3.05, 3.63) is 82.5 Å². The molecule has 7 N–H and O–H groups in total. The first-order chi connectivity index (χ1) is 42.2. The summed E-state index contributed by atoms with van der Waals surface area (Å²) in [5, 5.41) is 49.9. The molecular weight excluding hydrogens is 1180 g/mol. The molecule has 7 amide bonds. The van der Waals surface area contributed by atoms with E-state index in [-0.39, 0.29) is 56.9 Å². The van der Waals surface area contributed by atoms with Crippen molar-refractivity contribution in [3.63, 3.8) is 0 Å². The number of anilines is 1. The Morgan fingerprint density at radius 1 is 0.888 bits per heavy atom. The number of aliphatic hydroxyl groups is 4. The second kappa shape index (κ2) is 31.5. The van der Waals surface area contributed by atoms with Crippen molar-refractivity contribution in [2.45, 2.75) is 121 Å². The Kier molecular flexibility index (Phi) is 25.1. The summed E-state index contributed by atoms with van der Waals surface area (Å²) in [6.45, 7) is 2.75. The molecule has 0 saturated carbocycles. The van der Waals surface area contributed by atoms with Crippen molar-refractivity contribution < 1.29 is 82.5 Å². The van der Waals surface area contributed by atoms with Crippen molar-refractivity contribution in [3.8, 4) is 5.75 Å². The van der Waals surface area contributed by atoms with Crippen LogP contribution in [0.1, 0.15) is 71.1 Å². The lowest BCUT2D eigenvalue weighted by molar-refractivity contribution is -0.328. The molecule has 5 heterocycles. The number of hydrogen-bond acceptors (Lipinski definition) is 19. The van der Waals surface area contributed by atoms with Crippen molar-refractivity contribution in [2.24, 2.45) is 0 Å². The van der Waals surface area contributed by atoms with Crippen LogP contribution >= 0.6 is 11.6 Å². The number of likely N-dealkylation sites (N-methyl/N-ethyl adjacent to an activating group) is 1. The number of allylic oxidation sites excluding steroid dienone is 3. The zero-order chi connectivity index (χ0) is 65.5. The highest BCUT2D eigenvalue weighted by atomic mass is 35.5. The molecule has 27 nitrogen and oxygen atoms in total. The Bertz CT molecular complexity index is 3100. The molecule has 2 aromatic carbocycles. The number of esters is 1. The van der Waals surface area contributed by atoms with E-state index in [0.717, 1.165) is 47.3 Å². The first-order valence-electron chi connectivity index (χ1n) is 29.4. The van der Waals surface area contributed by atoms with Gasteiger partial charge in [0.15, 0.2) is 5.72 Å². The molecule has 4 aliphatic heterocycles. The van der Waals surface area contributed by atoms with E-state index in [9.17, 15) is 58.8 Å². The zero-order valence-electron chi connectivity index (χ0n) is 52.4. The predicted octanol–water partition coefficient (Wildman–Crippen LogP) is 1.24. The lowest BCUT2D eigenvalue weighted by atomic mass is 9.72. The first kappa shape index (κ1) is 70.9. The number of halogens is 1. The average molecular weight is 1270 g/mol. The third kappa shape index (κ3) is 17.8. The number of amides is 7. The number of ether oxygens (including phenoxy) is 5. The van der Waals surface area contributed by atoms with Gasteiger partial charge in [-0.3, -0.25) is 39.5 Å². The number of carbonyl (C=O) groups is 8. The number of nitrogens with zero attached hydrogens (tertiary/aromatic N) is 7. The van der Waals surface area contributed by atoms with Crippen LogP contribution in [-0.2, 0) is 72.0 Å². The third-order valence-electron chi connectivity index (χ3n) is 16.5. The van der Waals surface area contributed by atoms with Crippen molar-refractivity contribution >= 4 is 75.7 Å². The molecular formula is C61H87ClN10O17. The topological polar surface area (TPSA) is 324 Å². The molecule has 0 spiro atoms. The molecule has 490 valence electrons. The van der Waals surface area contributed by atoms with Crippen LogP contribution < -0.4 is 25.7 Å². The molecule has 7 atom stereocenters. The van der Waals surface area contributed by atoms with Gasteiger partial charge in [-0.15, -0.1) is 0 Å². The first-order valence-corrected chi connectivity index (χ1v) is 29.8. The maximum Gasteiger partial charge on any atom is 0.409 e. The van der Waals surface area contributed by atoms with E-state index in [2.05, 4.69) is 16.1 Å². The minimum Gasteiger partial charge on any atom is -0.495 e. The maximum absolute atomic E-state index is 14.5. The Morgan fingerprint density at radius 3 is 2.17 bits per heavy atom. The van der Waals surface area contributed by atoms with Crippen LogP contribution in [0, 0.1) is 0 Å². The Morgan fingerprint density at radius 2 is 1.53 bits per heavy atom. The SMILES string of the molecule is CNN(C)Cc1cc2ccccc2n1CCC(=O)NCC(=O)N(CCO)CC(=O)N(CCO)CC(=O)N(CCO)CCC(=O)N(C)[C@@H](C)C(=O)O[C@H]1CC(=O)N(C)c2cc(cc(OC)c2Cl)C/C(C)=C/C=C/[C@@H](OC)[C@@]2(O)C[C@H](OC(=O)N2)C2(C)C[C@@]1(C)O2. The Hall–Kier alpha value is -7.21. The number of para-hydroxylation sites is 1. The van der Waals surface area contributed by atoms with Gasteiger partial charge in [0.05, 0.1) is 65.2 Å². The molecule has 1 unspecified atom stereocenters. The minimum absolute atomic E-state index is 0.0244. The molecule has 28 heteroatoms. The highest BCUT2D eigenvalue weighted by Gasteiger charge is 2.63. The molecule has 2 fully saturated rings. The Labute approximate surface area is 523 Å². The smallest absolute Gasteiger partial charge is 0.409 e. The van der Waals surface area contributed by atoms with Crippen LogP contribution in [0.15, 0.2) is 66.3 Å². The van der Waals surface area contributed by atoms with Crippen LogP contribution in [0.25, 0.3) is 10.9 Å². The molecule has 89 heavy (non-hydrogen) atoms. The van der Waals surface area contributed by atoms with Crippen LogP contribution in [0.5, 0.6) is 5.75 Å². The van der Waals surface area contributed by atoms with E-state index in [0.29, 0.717) is 30.9 Å². The number of aromatic nitrogens is 1. The zero-order valence-corrected chi connectivity index (χ0v) is 53.2. The lowest BCUT2D eigenvalue weighted by Gasteiger charge is -2.59. The molecule has 6 bridgehead atoms. The van der Waals surface area contributed by atoms with Crippen LogP contribution in [-0.4, -0.2) is 246 Å². The number of benzene rings is 2. The van der Waals surface area contributed by atoms with Gasteiger partial charge in [-0.2, -0.15) is 0 Å². The summed E-state index contributed by atoms with van der Waals surface area (Å²) in [5.74, 6) is -4.50. The number of aliphatic hydroxyl groups excluding tert-OH is 3. The van der Waals surface area contributed by atoms with Gasteiger partial charge in [0.2, 0.25) is 35.4 Å². The standard InChI is InChI=1S/C61H87ClN10O17/c1-39-14-13-17-47(86-10)61(84)33-49(88-58(83)65-61)60(4)38-59(3,89-60)48(32-52(78)68(8)45-29-41(28-39)30-46(85-9)56(45)62)87-57(82)40(2)67(7)51(77)19-20-69(22-25-73)54(80)36-71(24-27-75)55(81)37-70(23-26-74)53(79)34-64-50(76)18-21-72-43(35-66(6)63-5)31-42-15-11-12-16-44(42)72/h11-17,29-31,40,47-49,63,73-75,84H,18-28,32-38H2,1-10H3,(H,64,76)(H,65,83)/b17-13+,39-14+/t40-,47+,48-,49-,59+,60?,61-/m0/s1. The van der Waals surface area contributed by atoms with Crippen LogP contribution in [0.3, 0.4) is 0 Å². The molecule has 2 saturated heterocycles. The van der Waals surface area contributed by atoms with Gasteiger partial charge in [0.1, 0.15) is 46.3 Å². The van der Waals surface area contributed by atoms with Crippen molar-refractivity contribution in [1.82, 2.24) is 45.2 Å². The summed E-state index contributed by atoms with van der Waals surface area (Å²) in [4.78, 5) is 116. The number of carbonyl (C=O) groups excluding carboxylic acids is 8. The number of hydrogen-bond donors (Lipinski definition) is 7. The normalized spacial score (nSPS) is 23.2. The molecule has 0 radical (unpaired) electrons. The number of fused-ring (bicyclic) bond motifs is 7. The minimum atomic E-state index is -1.96. The highest BCUT2D eigenvalue weighted by Crippen LogP contribution is 2.50. The van der Waals surface area contributed by atoms with Gasteiger partial charge in [-0.1, -0.05) is 53.6 Å². The average Bonchev–Trinajstić information content (AvgIpc) is 1.19. The van der Waals surface area contributed by atoms with E-state index in [1.54, 1.807) is 45.2 Å². The predicted molar refractivity (Wildman–Crippen MR) is 327 cm³/mol. The van der Waals surface area contributed by atoms with E-state index in [1.807, 2.05) is 60.0 Å².